The highest BCUT2D eigenvalue weighted by molar-refractivity contribution is 6.23. The van der Waals surface area contributed by atoms with E-state index in [1.165, 1.54) is 60.0 Å². The predicted molar refractivity (Wildman–Crippen MR) is 204 cm³/mol. The molecule has 3 aromatic heterocycles. The Morgan fingerprint density at radius 2 is 0.918 bits per heavy atom. The van der Waals surface area contributed by atoms with Crippen LogP contribution < -0.4 is 0 Å². The van der Waals surface area contributed by atoms with Gasteiger partial charge in [0.2, 0.25) is 0 Å². The van der Waals surface area contributed by atoms with Gasteiger partial charge in [-0.15, -0.1) is 0 Å². The van der Waals surface area contributed by atoms with Crippen LogP contribution in [0.1, 0.15) is 0 Å². The standard InChI is InChI=1S/C46H27NO2/c1-2-10-30(11-3-1)47-39-17-9-8-12-31(39)32-20-18-28(26-40(32)47)44-33-13-4-6-15-35(33)45(36-16-7-5-14-34(36)44)29-19-21-37-43(27-29)49-42-23-22-41-38(46(37)42)24-25-48-41/h1-27H. The van der Waals surface area contributed by atoms with Gasteiger partial charge in [-0.2, -0.15) is 0 Å². The molecule has 0 saturated carbocycles. The summed E-state index contributed by atoms with van der Waals surface area (Å²) in [5.41, 5.74) is 11.0. The average molecular weight is 626 g/mol. The summed E-state index contributed by atoms with van der Waals surface area (Å²) in [7, 11) is 0. The van der Waals surface area contributed by atoms with Crippen LogP contribution in [0.25, 0.3) is 104 Å². The van der Waals surface area contributed by atoms with E-state index in [2.05, 4.69) is 144 Å². The van der Waals surface area contributed by atoms with Gasteiger partial charge in [0.25, 0.3) is 0 Å². The van der Waals surface area contributed by atoms with Gasteiger partial charge in [0, 0.05) is 32.6 Å². The zero-order valence-electron chi connectivity index (χ0n) is 26.4. The number of rotatable bonds is 3. The van der Waals surface area contributed by atoms with E-state index in [0.717, 1.165) is 44.2 Å². The monoisotopic (exact) mass is 625 g/mol. The number of benzene rings is 8. The van der Waals surface area contributed by atoms with Crippen molar-refractivity contribution >= 4 is 76.3 Å². The quantitative estimate of drug-likeness (QED) is 0.183. The molecule has 0 unspecified atom stereocenters. The summed E-state index contributed by atoms with van der Waals surface area (Å²) in [5.74, 6) is 0. The molecular weight excluding hydrogens is 599 g/mol. The minimum atomic E-state index is 0.870. The maximum atomic E-state index is 6.48. The minimum Gasteiger partial charge on any atom is -0.464 e. The van der Waals surface area contributed by atoms with Gasteiger partial charge in [-0.3, -0.25) is 0 Å². The van der Waals surface area contributed by atoms with E-state index in [1.54, 1.807) is 6.26 Å². The fourth-order valence-corrected chi connectivity index (χ4v) is 8.21. The fraction of sp³-hybridized carbons (Fsp3) is 0. The maximum Gasteiger partial charge on any atom is 0.136 e. The Kier molecular flexibility index (Phi) is 5.38. The van der Waals surface area contributed by atoms with Crippen LogP contribution in [-0.2, 0) is 0 Å². The molecule has 8 aromatic carbocycles. The Balaban J connectivity index is 1.19. The van der Waals surface area contributed by atoms with Gasteiger partial charge in [0.1, 0.15) is 16.7 Å². The first-order valence-corrected chi connectivity index (χ1v) is 16.7. The van der Waals surface area contributed by atoms with Crippen molar-refractivity contribution in [1.29, 1.82) is 0 Å². The first-order chi connectivity index (χ1) is 24.3. The molecule has 3 heterocycles. The van der Waals surface area contributed by atoms with Gasteiger partial charge in [-0.05, 0) is 98.4 Å². The van der Waals surface area contributed by atoms with Crippen molar-refractivity contribution < 1.29 is 8.83 Å². The molecule has 3 heteroatoms. The fourth-order valence-electron chi connectivity index (χ4n) is 8.21. The lowest BCUT2D eigenvalue weighted by Crippen LogP contribution is -1.94. The molecule has 0 aliphatic heterocycles. The second-order valence-corrected chi connectivity index (χ2v) is 12.8. The van der Waals surface area contributed by atoms with E-state index in [-0.39, 0.29) is 0 Å². The zero-order valence-corrected chi connectivity index (χ0v) is 26.4. The van der Waals surface area contributed by atoms with E-state index in [0.29, 0.717) is 0 Å². The summed E-state index contributed by atoms with van der Waals surface area (Å²) in [6.45, 7) is 0. The Hall–Kier alpha value is -6.58. The van der Waals surface area contributed by atoms with Gasteiger partial charge in [-0.1, -0.05) is 103 Å². The van der Waals surface area contributed by atoms with Gasteiger partial charge < -0.3 is 13.4 Å². The summed E-state index contributed by atoms with van der Waals surface area (Å²) in [6.07, 6.45) is 1.75. The molecule has 0 fully saturated rings. The zero-order chi connectivity index (χ0) is 32.1. The van der Waals surface area contributed by atoms with Crippen LogP contribution in [0.15, 0.2) is 173 Å². The third kappa shape index (κ3) is 3.73. The molecular formula is C46H27NO2. The first-order valence-electron chi connectivity index (χ1n) is 16.7. The number of hydrogen-bond acceptors (Lipinski definition) is 2. The van der Waals surface area contributed by atoms with Crippen LogP contribution in [0, 0.1) is 0 Å². The first kappa shape index (κ1) is 26.5. The van der Waals surface area contributed by atoms with Crippen molar-refractivity contribution in [2.45, 2.75) is 0 Å². The topological polar surface area (TPSA) is 31.2 Å². The van der Waals surface area contributed by atoms with Crippen LogP contribution in [-0.4, -0.2) is 4.57 Å². The predicted octanol–water partition coefficient (Wildman–Crippen LogP) is 13.1. The van der Waals surface area contributed by atoms with Crippen LogP contribution in [0.5, 0.6) is 0 Å². The van der Waals surface area contributed by atoms with Crippen molar-refractivity contribution in [1.82, 2.24) is 4.57 Å². The van der Waals surface area contributed by atoms with Gasteiger partial charge in [0.05, 0.1) is 17.3 Å². The van der Waals surface area contributed by atoms with E-state index in [9.17, 15) is 0 Å². The third-order valence-electron chi connectivity index (χ3n) is 10.3. The lowest BCUT2D eigenvalue weighted by molar-refractivity contribution is 0.615. The second-order valence-electron chi connectivity index (χ2n) is 12.8. The van der Waals surface area contributed by atoms with E-state index >= 15 is 0 Å². The number of aromatic nitrogens is 1. The number of hydrogen-bond donors (Lipinski definition) is 0. The van der Waals surface area contributed by atoms with E-state index in [1.807, 2.05) is 18.2 Å². The molecule has 0 N–H and O–H groups in total. The highest BCUT2D eigenvalue weighted by Crippen LogP contribution is 2.46. The van der Waals surface area contributed by atoms with Crippen molar-refractivity contribution in [3.63, 3.8) is 0 Å². The van der Waals surface area contributed by atoms with E-state index in [4.69, 9.17) is 8.83 Å². The van der Waals surface area contributed by atoms with Gasteiger partial charge in [-0.25, -0.2) is 0 Å². The highest BCUT2D eigenvalue weighted by Gasteiger charge is 2.20. The summed E-state index contributed by atoms with van der Waals surface area (Å²) in [5, 5.41) is 10.7. The number of furan rings is 2. The molecule has 0 bridgehead atoms. The molecule has 0 saturated heterocycles. The molecule has 0 amide bonds. The summed E-state index contributed by atoms with van der Waals surface area (Å²) >= 11 is 0. The number of fused-ring (bicyclic) bond motifs is 10. The van der Waals surface area contributed by atoms with Crippen LogP contribution in [0.4, 0.5) is 0 Å². The Bertz CT molecular complexity index is 3050. The molecule has 0 aliphatic carbocycles. The van der Waals surface area contributed by atoms with Gasteiger partial charge in [0.15, 0.2) is 0 Å². The smallest absolute Gasteiger partial charge is 0.136 e. The molecule has 0 spiro atoms. The SMILES string of the molecule is c1ccc(-n2c3ccccc3c3ccc(-c4c5ccccc5c(-c5ccc6c(c5)oc5ccc7occc7c56)c5ccccc45)cc32)cc1. The molecule has 0 atom stereocenters. The molecule has 228 valence electrons. The number of para-hydroxylation sites is 2. The molecule has 3 nitrogen and oxygen atoms in total. The van der Waals surface area contributed by atoms with Crippen molar-refractivity contribution in [2.24, 2.45) is 0 Å². The highest BCUT2D eigenvalue weighted by atomic mass is 16.3. The van der Waals surface area contributed by atoms with Crippen molar-refractivity contribution in [3.8, 4) is 27.9 Å². The van der Waals surface area contributed by atoms with Crippen LogP contribution in [0.3, 0.4) is 0 Å². The Morgan fingerprint density at radius 3 is 1.63 bits per heavy atom. The molecule has 11 rings (SSSR count). The average Bonchev–Trinajstić information content (AvgIpc) is 3.87. The minimum absolute atomic E-state index is 0.870. The van der Waals surface area contributed by atoms with Crippen molar-refractivity contribution in [2.75, 3.05) is 0 Å². The summed E-state index contributed by atoms with van der Waals surface area (Å²) in [4.78, 5) is 0. The Morgan fingerprint density at radius 1 is 0.367 bits per heavy atom. The lowest BCUT2D eigenvalue weighted by Gasteiger charge is -2.18. The Labute approximate surface area is 280 Å². The third-order valence-corrected chi connectivity index (χ3v) is 10.3. The maximum absolute atomic E-state index is 6.48. The number of nitrogens with zero attached hydrogens (tertiary/aromatic N) is 1. The second kappa shape index (κ2) is 9.96. The lowest BCUT2D eigenvalue weighted by atomic mass is 9.85. The van der Waals surface area contributed by atoms with E-state index < -0.39 is 0 Å². The van der Waals surface area contributed by atoms with Crippen LogP contribution >= 0.6 is 0 Å². The molecule has 0 aliphatic rings. The van der Waals surface area contributed by atoms with Gasteiger partial charge >= 0.3 is 0 Å². The van der Waals surface area contributed by atoms with Crippen LogP contribution in [0.2, 0.25) is 0 Å². The molecule has 0 radical (unpaired) electrons. The summed E-state index contributed by atoms with van der Waals surface area (Å²) in [6, 6.07) is 56.7. The summed E-state index contributed by atoms with van der Waals surface area (Å²) < 4.78 is 14.6. The van der Waals surface area contributed by atoms with Crippen molar-refractivity contribution in [3.05, 3.63) is 164 Å². The molecule has 11 aromatic rings. The normalized spacial score (nSPS) is 12.1. The molecule has 49 heavy (non-hydrogen) atoms. The largest absolute Gasteiger partial charge is 0.464 e.